The molecule has 2 saturated heterocycles. The fourth-order valence-corrected chi connectivity index (χ4v) is 4.26. The molecule has 2 fully saturated rings. The number of H-pyrrole nitrogens is 1. The Kier molecular flexibility index (Phi) is 3.39. The molecule has 0 radical (unpaired) electrons. The van der Waals surface area contributed by atoms with E-state index in [1.54, 1.807) is 0 Å². The fraction of sp³-hybridized carbons (Fsp3) is 0.471. The number of nitrogens with zero attached hydrogens (tertiary/aromatic N) is 1. The van der Waals surface area contributed by atoms with E-state index in [0.29, 0.717) is 22.8 Å². The summed E-state index contributed by atoms with van der Waals surface area (Å²) in [6, 6.07) is 8.73. The van der Waals surface area contributed by atoms with Crippen LogP contribution in [0.3, 0.4) is 0 Å². The van der Waals surface area contributed by atoms with Gasteiger partial charge in [0.05, 0.1) is 0 Å². The van der Waals surface area contributed by atoms with Crippen LogP contribution in [-0.2, 0) is 4.74 Å². The third kappa shape index (κ3) is 2.22. The normalized spacial score (nSPS) is 28.2. The number of nitrogens with one attached hydrogen (secondary N) is 1. The second-order valence-electron chi connectivity index (χ2n) is 6.41. The molecule has 116 valence electrons. The first-order chi connectivity index (χ1) is 10.6. The minimum absolute atomic E-state index is 0.00549. The molecule has 1 aromatic heterocycles. The van der Waals surface area contributed by atoms with Gasteiger partial charge >= 0.3 is 5.97 Å². The molecule has 22 heavy (non-hydrogen) atoms. The van der Waals surface area contributed by atoms with Crippen molar-refractivity contribution in [1.29, 1.82) is 0 Å². The van der Waals surface area contributed by atoms with E-state index in [1.165, 1.54) is 12.8 Å². The number of ether oxygens (including phenoxy) is 1. The SMILES string of the molecule is CN1[C@@H]2CC[C@H]1CC(OC(=O)c1c(Cl)[nH]c3ccccc13)C2. The van der Waals surface area contributed by atoms with Crippen LogP contribution in [0.5, 0.6) is 0 Å². The lowest BCUT2D eigenvalue weighted by Gasteiger charge is -2.35. The summed E-state index contributed by atoms with van der Waals surface area (Å²) in [6.45, 7) is 0. The van der Waals surface area contributed by atoms with Gasteiger partial charge in [0.2, 0.25) is 0 Å². The molecule has 5 heteroatoms. The van der Waals surface area contributed by atoms with Crippen LogP contribution in [0, 0.1) is 0 Å². The molecule has 1 aromatic carbocycles. The zero-order valence-electron chi connectivity index (χ0n) is 12.5. The third-order valence-corrected chi connectivity index (χ3v) is 5.48. The van der Waals surface area contributed by atoms with Crippen molar-refractivity contribution in [2.75, 3.05) is 7.05 Å². The van der Waals surface area contributed by atoms with Gasteiger partial charge in [-0.1, -0.05) is 29.8 Å². The number of carbonyl (C=O) groups is 1. The quantitative estimate of drug-likeness (QED) is 0.860. The van der Waals surface area contributed by atoms with Crippen LogP contribution >= 0.6 is 11.6 Å². The number of hydrogen-bond donors (Lipinski definition) is 1. The minimum Gasteiger partial charge on any atom is -0.459 e. The summed E-state index contributed by atoms with van der Waals surface area (Å²) in [5, 5.41) is 1.19. The van der Waals surface area contributed by atoms with Gasteiger partial charge in [-0.05, 0) is 26.0 Å². The highest BCUT2D eigenvalue weighted by molar-refractivity contribution is 6.34. The smallest absolute Gasteiger partial charge is 0.342 e. The molecule has 2 aromatic rings. The number of fused-ring (bicyclic) bond motifs is 3. The molecule has 1 N–H and O–H groups in total. The van der Waals surface area contributed by atoms with E-state index in [9.17, 15) is 4.79 Å². The summed E-state index contributed by atoms with van der Waals surface area (Å²) in [6.07, 6.45) is 4.29. The molecule has 0 saturated carbocycles. The second-order valence-corrected chi connectivity index (χ2v) is 6.79. The predicted molar refractivity (Wildman–Crippen MR) is 86.3 cm³/mol. The molecule has 3 atom stereocenters. The first kappa shape index (κ1) is 14.1. The summed E-state index contributed by atoms with van der Waals surface area (Å²) in [7, 11) is 2.18. The Morgan fingerprint density at radius 2 is 1.95 bits per heavy atom. The number of para-hydroxylation sites is 1. The number of esters is 1. The van der Waals surface area contributed by atoms with Gasteiger partial charge in [0, 0.05) is 35.8 Å². The average Bonchev–Trinajstić information content (AvgIpc) is 2.90. The number of rotatable bonds is 2. The van der Waals surface area contributed by atoms with Crippen LogP contribution in [0.15, 0.2) is 24.3 Å². The third-order valence-electron chi connectivity index (χ3n) is 5.19. The highest BCUT2D eigenvalue weighted by Crippen LogP contribution is 2.36. The van der Waals surface area contributed by atoms with Crippen LogP contribution in [0.25, 0.3) is 10.9 Å². The van der Waals surface area contributed by atoms with Crippen LogP contribution in [0.2, 0.25) is 5.15 Å². The Labute approximate surface area is 134 Å². The van der Waals surface area contributed by atoms with Crippen molar-refractivity contribution in [1.82, 2.24) is 9.88 Å². The maximum Gasteiger partial charge on any atom is 0.342 e. The minimum atomic E-state index is -0.309. The van der Waals surface area contributed by atoms with Crippen molar-refractivity contribution in [3.05, 3.63) is 35.0 Å². The zero-order chi connectivity index (χ0) is 15.3. The molecule has 4 nitrogen and oxygen atoms in total. The van der Waals surface area contributed by atoms with Crippen LogP contribution in [0.1, 0.15) is 36.0 Å². The zero-order valence-corrected chi connectivity index (χ0v) is 13.3. The highest BCUT2D eigenvalue weighted by Gasteiger charge is 2.40. The highest BCUT2D eigenvalue weighted by atomic mass is 35.5. The number of carbonyl (C=O) groups excluding carboxylic acids is 1. The van der Waals surface area contributed by atoms with Crippen molar-refractivity contribution >= 4 is 28.5 Å². The van der Waals surface area contributed by atoms with E-state index >= 15 is 0 Å². The molecule has 4 rings (SSSR count). The van der Waals surface area contributed by atoms with Crippen LogP contribution in [-0.4, -0.2) is 41.1 Å². The Balaban J connectivity index is 1.56. The van der Waals surface area contributed by atoms with Gasteiger partial charge in [-0.3, -0.25) is 0 Å². The van der Waals surface area contributed by atoms with Crippen molar-refractivity contribution in [2.24, 2.45) is 0 Å². The van der Waals surface area contributed by atoms with Gasteiger partial charge in [0.1, 0.15) is 16.8 Å². The Hall–Kier alpha value is -1.52. The van der Waals surface area contributed by atoms with Gasteiger partial charge in [0.25, 0.3) is 0 Å². The molecular weight excluding hydrogens is 300 g/mol. The standard InChI is InChI=1S/C17H19ClN2O2/c1-20-10-6-7-11(20)9-12(8-10)22-17(21)15-13-4-2-3-5-14(13)19-16(15)18/h2-5,10-12,19H,6-9H2,1H3/t10-,11+,12?. The van der Waals surface area contributed by atoms with Crippen molar-refractivity contribution in [3.63, 3.8) is 0 Å². The first-order valence-electron chi connectivity index (χ1n) is 7.82. The lowest BCUT2D eigenvalue weighted by atomic mass is 10.0. The fourth-order valence-electron chi connectivity index (χ4n) is 3.98. The lowest BCUT2D eigenvalue weighted by Crippen LogP contribution is -2.43. The molecule has 3 heterocycles. The molecule has 1 unspecified atom stereocenters. The van der Waals surface area contributed by atoms with Gasteiger partial charge in [-0.15, -0.1) is 0 Å². The number of halogens is 1. The number of aromatic nitrogens is 1. The van der Waals surface area contributed by atoms with Gasteiger partial charge < -0.3 is 14.6 Å². The molecule has 2 aliphatic rings. The number of hydrogen-bond acceptors (Lipinski definition) is 3. The molecule has 0 spiro atoms. The summed E-state index contributed by atoms with van der Waals surface area (Å²) in [4.78, 5) is 18.1. The maximum atomic E-state index is 12.6. The first-order valence-corrected chi connectivity index (χ1v) is 8.20. The number of piperidine rings is 1. The van der Waals surface area contributed by atoms with Crippen molar-refractivity contribution < 1.29 is 9.53 Å². The molecule has 2 bridgehead atoms. The molecule has 2 aliphatic heterocycles. The number of aromatic amines is 1. The van der Waals surface area contributed by atoms with Crippen molar-refractivity contribution in [2.45, 2.75) is 43.9 Å². The van der Waals surface area contributed by atoms with E-state index < -0.39 is 0 Å². The van der Waals surface area contributed by atoms with Gasteiger partial charge in [-0.25, -0.2) is 4.79 Å². The van der Waals surface area contributed by atoms with E-state index in [1.807, 2.05) is 24.3 Å². The second kappa shape index (κ2) is 5.28. The summed E-state index contributed by atoms with van der Waals surface area (Å²) in [5.41, 5.74) is 1.33. The largest absolute Gasteiger partial charge is 0.459 e. The molecule has 0 aliphatic carbocycles. The maximum absolute atomic E-state index is 12.6. The van der Waals surface area contributed by atoms with E-state index in [-0.39, 0.29) is 12.1 Å². The van der Waals surface area contributed by atoms with Crippen LogP contribution < -0.4 is 0 Å². The van der Waals surface area contributed by atoms with E-state index in [2.05, 4.69) is 16.9 Å². The molecule has 0 amide bonds. The predicted octanol–water partition coefficient (Wildman–Crippen LogP) is 3.60. The van der Waals surface area contributed by atoms with Crippen LogP contribution in [0.4, 0.5) is 0 Å². The lowest BCUT2D eigenvalue weighted by molar-refractivity contribution is -0.000241. The summed E-state index contributed by atoms with van der Waals surface area (Å²) in [5.74, 6) is -0.309. The van der Waals surface area contributed by atoms with Gasteiger partial charge in [-0.2, -0.15) is 0 Å². The Morgan fingerprint density at radius 3 is 2.68 bits per heavy atom. The Morgan fingerprint density at radius 1 is 1.27 bits per heavy atom. The topological polar surface area (TPSA) is 45.3 Å². The van der Waals surface area contributed by atoms with E-state index in [0.717, 1.165) is 23.7 Å². The summed E-state index contributed by atoms with van der Waals surface area (Å²) < 4.78 is 5.78. The monoisotopic (exact) mass is 318 g/mol. The Bertz CT molecular complexity index is 713. The average molecular weight is 319 g/mol. The summed E-state index contributed by atoms with van der Waals surface area (Å²) >= 11 is 6.21. The van der Waals surface area contributed by atoms with E-state index in [4.69, 9.17) is 16.3 Å². The number of benzene rings is 1. The van der Waals surface area contributed by atoms with Crippen molar-refractivity contribution in [3.8, 4) is 0 Å². The van der Waals surface area contributed by atoms with Gasteiger partial charge in [0.15, 0.2) is 0 Å². The molecular formula is C17H19ClN2O2.